The lowest BCUT2D eigenvalue weighted by Crippen LogP contribution is -2.43. The standard InChI is InChI=1S/C19H16ClN3O5/c1-10-19(26)22-13-7-12(3-5-15(13)28-10)21-17(24)8-23-14-6-11(20)2-4-16(14)27-9-18(23)25/h2-7,10H,8-9H2,1H3,(H,21,24)(H,22,26). The fourth-order valence-corrected chi connectivity index (χ4v) is 3.15. The van der Waals surface area contributed by atoms with Crippen molar-refractivity contribution in [2.75, 3.05) is 28.7 Å². The van der Waals surface area contributed by atoms with Crippen LogP contribution in [0.3, 0.4) is 0 Å². The molecule has 2 heterocycles. The molecule has 9 heteroatoms. The topological polar surface area (TPSA) is 97.0 Å². The lowest BCUT2D eigenvalue weighted by molar-refractivity contribution is -0.123. The van der Waals surface area contributed by atoms with E-state index >= 15 is 0 Å². The van der Waals surface area contributed by atoms with Crippen molar-refractivity contribution in [3.8, 4) is 11.5 Å². The van der Waals surface area contributed by atoms with Gasteiger partial charge in [0.15, 0.2) is 12.7 Å². The van der Waals surface area contributed by atoms with E-state index < -0.39 is 12.0 Å². The third-order valence-electron chi connectivity index (χ3n) is 4.36. The molecule has 28 heavy (non-hydrogen) atoms. The second-order valence-corrected chi connectivity index (χ2v) is 6.83. The molecule has 144 valence electrons. The number of rotatable bonds is 3. The molecule has 0 aliphatic carbocycles. The van der Waals surface area contributed by atoms with Crippen molar-refractivity contribution >= 4 is 46.4 Å². The quantitative estimate of drug-likeness (QED) is 0.823. The van der Waals surface area contributed by atoms with Crippen LogP contribution in [0.2, 0.25) is 5.02 Å². The fraction of sp³-hybridized carbons (Fsp3) is 0.211. The summed E-state index contributed by atoms with van der Waals surface area (Å²) in [6.45, 7) is 1.30. The van der Waals surface area contributed by atoms with E-state index in [-0.39, 0.29) is 25.0 Å². The summed E-state index contributed by atoms with van der Waals surface area (Å²) in [6, 6.07) is 9.81. The summed E-state index contributed by atoms with van der Waals surface area (Å²) in [5.74, 6) is 0.00233. The molecule has 2 aliphatic heterocycles. The van der Waals surface area contributed by atoms with Gasteiger partial charge in [0.25, 0.3) is 11.8 Å². The second kappa shape index (κ2) is 7.05. The molecule has 0 saturated carbocycles. The summed E-state index contributed by atoms with van der Waals surface area (Å²) in [6.07, 6.45) is -0.577. The predicted molar refractivity (Wildman–Crippen MR) is 103 cm³/mol. The summed E-state index contributed by atoms with van der Waals surface area (Å²) in [7, 11) is 0. The summed E-state index contributed by atoms with van der Waals surface area (Å²) in [4.78, 5) is 37.8. The lowest BCUT2D eigenvalue weighted by Gasteiger charge is -2.29. The van der Waals surface area contributed by atoms with Crippen LogP contribution < -0.4 is 25.0 Å². The number of nitrogens with zero attached hydrogens (tertiary/aromatic N) is 1. The number of hydrogen-bond donors (Lipinski definition) is 2. The van der Waals surface area contributed by atoms with Crippen LogP contribution in [0.5, 0.6) is 11.5 Å². The molecular formula is C19H16ClN3O5. The van der Waals surface area contributed by atoms with Crippen LogP contribution >= 0.6 is 11.6 Å². The van der Waals surface area contributed by atoms with E-state index in [0.29, 0.717) is 33.6 Å². The molecule has 4 rings (SSSR count). The van der Waals surface area contributed by atoms with Crippen LogP contribution in [0, 0.1) is 0 Å². The molecule has 2 aromatic rings. The van der Waals surface area contributed by atoms with Crippen molar-refractivity contribution in [3.05, 3.63) is 41.4 Å². The zero-order chi connectivity index (χ0) is 19.8. The molecule has 2 aromatic carbocycles. The number of fused-ring (bicyclic) bond motifs is 2. The number of carbonyl (C=O) groups is 3. The van der Waals surface area contributed by atoms with Gasteiger partial charge in [0.2, 0.25) is 5.91 Å². The highest BCUT2D eigenvalue weighted by Crippen LogP contribution is 2.35. The van der Waals surface area contributed by atoms with Crippen LogP contribution in [-0.4, -0.2) is 37.0 Å². The summed E-state index contributed by atoms with van der Waals surface area (Å²) < 4.78 is 10.9. The predicted octanol–water partition coefficient (Wildman–Crippen LogP) is 2.42. The minimum absolute atomic E-state index is 0.150. The Morgan fingerprint density at radius 3 is 2.86 bits per heavy atom. The van der Waals surface area contributed by atoms with Gasteiger partial charge in [0.05, 0.1) is 11.4 Å². The van der Waals surface area contributed by atoms with Crippen LogP contribution in [0.4, 0.5) is 17.1 Å². The first-order valence-corrected chi connectivity index (χ1v) is 8.92. The first-order valence-electron chi connectivity index (χ1n) is 8.55. The Hall–Kier alpha value is -3.26. The molecule has 0 radical (unpaired) electrons. The Labute approximate surface area is 165 Å². The molecule has 3 amide bonds. The van der Waals surface area contributed by atoms with Crippen LogP contribution in [0.15, 0.2) is 36.4 Å². The molecule has 2 aliphatic rings. The van der Waals surface area contributed by atoms with E-state index in [1.807, 2.05) is 0 Å². The third-order valence-corrected chi connectivity index (χ3v) is 4.59. The number of anilines is 3. The van der Waals surface area contributed by atoms with Crippen LogP contribution in [-0.2, 0) is 14.4 Å². The smallest absolute Gasteiger partial charge is 0.265 e. The van der Waals surface area contributed by atoms with Crippen molar-refractivity contribution in [1.82, 2.24) is 0 Å². The van der Waals surface area contributed by atoms with E-state index in [0.717, 1.165) is 0 Å². The Morgan fingerprint density at radius 1 is 1.25 bits per heavy atom. The van der Waals surface area contributed by atoms with Gasteiger partial charge in [0.1, 0.15) is 18.0 Å². The fourth-order valence-electron chi connectivity index (χ4n) is 2.98. The zero-order valence-electron chi connectivity index (χ0n) is 14.8. The monoisotopic (exact) mass is 401 g/mol. The normalized spacial score (nSPS) is 17.6. The zero-order valence-corrected chi connectivity index (χ0v) is 15.6. The maximum atomic E-state index is 12.5. The summed E-state index contributed by atoms with van der Waals surface area (Å²) >= 11 is 6.01. The Bertz CT molecular complexity index is 994. The highest BCUT2D eigenvalue weighted by atomic mass is 35.5. The van der Waals surface area contributed by atoms with Crippen molar-refractivity contribution in [2.45, 2.75) is 13.0 Å². The van der Waals surface area contributed by atoms with Crippen molar-refractivity contribution < 1.29 is 23.9 Å². The molecule has 0 aromatic heterocycles. The molecule has 0 saturated heterocycles. The van der Waals surface area contributed by atoms with Gasteiger partial charge in [-0.05, 0) is 43.3 Å². The lowest BCUT2D eigenvalue weighted by atomic mass is 10.2. The highest BCUT2D eigenvalue weighted by molar-refractivity contribution is 6.31. The number of nitrogens with one attached hydrogen (secondary N) is 2. The average molecular weight is 402 g/mol. The minimum atomic E-state index is -0.577. The van der Waals surface area contributed by atoms with Crippen molar-refractivity contribution in [3.63, 3.8) is 0 Å². The van der Waals surface area contributed by atoms with Crippen molar-refractivity contribution in [2.24, 2.45) is 0 Å². The molecule has 8 nitrogen and oxygen atoms in total. The molecule has 1 atom stereocenters. The molecule has 0 fully saturated rings. The van der Waals surface area contributed by atoms with Gasteiger partial charge in [-0.25, -0.2) is 0 Å². The van der Waals surface area contributed by atoms with Crippen molar-refractivity contribution in [1.29, 1.82) is 0 Å². The van der Waals surface area contributed by atoms with Gasteiger partial charge in [-0.2, -0.15) is 0 Å². The van der Waals surface area contributed by atoms with Gasteiger partial charge < -0.3 is 20.1 Å². The molecule has 2 N–H and O–H groups in total. The van der Waals surface area contributed by atoms with E-state index in [2.05, 4.69) is 10.6 Å². The number of benzene rings is 2. The maximum absolute atomic E-state index is 12.5. The largest absolute Gasteiger partial charge is 0.482 e. The number of carbonyl (C=O) groups excluding carboxylic acids is 3. The van der Waals surface area contributed by atoms with Gasteiger partial charge in [-0.3, -0.25) is 19.3 Å². The maximum Gasteiger partial charge on any atom is 0.265 e. The molecule has 1 unspecified atom stereocenters. The van der Waals surface area contributed by atoms with Gasteiger partial charge in [0, 0.05) is 10.7 Å². The van der Waals surface area contributed by atoms with E-state index in [4.69, 9.17) is 21.1 Å². The molecule has 0 bridgehead atoms. The first kappa shape index (κ1) is 18.1. The second-order valence-electron chi connectivity index (χ2n) is 6.39. The summed E-state index contributed by atoms with van der Waals surface area (Å²) in [5, 5.41) is 5.87. The minimum Gasteiger partial charge on any atom is -0.482 e. The van der Waals surface area contributed by atoms with Crippen LogP contribution in [0.1, 0.15) is 6.92 Å². The number of halogens is 1. The first-order chi connectivity index (χ1) is 13.4. The molecule has 0 spiro atoms. The number of hydrogen-bond acceptors (Lipinski definition) is 5. The van der Waals surface area contributed by atoms with Crippen LogP contribution in [0.25, 0.3) is 0 Å². The van der Waals surface area contributed by atoms with Gasteiger partial charge in [-0.1, -0.05) is 11.6 Å². The Morgan fingerprint density at radius 2 is 2.04 bits per heavy atom. The molecular weight excluding hydrogens is 386 g/mol. The number of amides is 3. The Kier molecular flexibility index (Phi) is 4.56. The highest BCUT2D eigenvalue weighted by Gasteiger charge is 2.28. The van der Waals surface area contributed by atoms with Gasteiger partial charge >= 0.3 is 0 Å². The van der Waals surface area contributed by atoms with E-state index in [9.17, 15) is 14.4 Å². The number of ether oxygens (including phenoxy) is 2. The SMILES string of the molecule is CC1Oc2ccc(NC(=O)CN3C(=O)COc4ccc(Cl)cc43)cc2NC1=O. The van der Waals surface area contributed by atoms with E-state index in [1.54, 1.807) is 43.3 Å². The summed E-state index contributed by atoms with van der Waals surface area (Å²) in [5.41, 5.74) is 1.38. The Balaban J connectivity index is 1.50. The third kappa shape index (κ3) is 3.46. The van der Waals surface area contributed by atoms with Gasteiger partial charge in [-0.15, -0.1) is 0 Å². The van der Waals surface area contributed by atoms with E-state index in [1.165, 1.54) is 4.90 Å². The average Bonchev–Trinajstić information content (AvgIpc) is 2.65.